The lowest BCUT2D eigenvalue weighted by Gasteiger charge is -2.14. The van der Waals surface area contributed by atoms with Crippen LogP contribution in [-0.2, 0) is 11.3 Å². The first-order valence-corrected chi connectivity index (χ1v) is 9.35. The highest BCUT2D eigenvalue weighted by atomic mass is 16.3. The maximum atomic E-state index is 12.4. The average molecular weight is 384 g/mol. The van der Waals surface area contributed by atoms with E-state index < -0.39 is 11.9 Å². The van der Waals surface area contributed by atoms with Crippen LogP contribution in [0, 0.1) is 0 Å². The molecule has 3 rings (SSSR count). The molecule has 0 bridgehead atoms. The van der Waals surface area contributed by atoms with Crippen LogP contribution in [-0.4, -0.2) is 30.4 Å². The van der Waals surface area contributed by atoms with Gasteiger partial charge in [0, 0.05) is 11.7 Å². The van der Waals surface area contributed by atoms with Crippen LogP contribution < -0.4 is 21.3 Å². The molecule has 2 aromatic rings. The molecular formula is C20H24N4O4. The third-order valence-corrected chi connectivity index (χ3v) is 4.56. The smallest absolute Gasteiger partial charge is 0.321 e. The van der Waals surface area contributed by atoms with Gasteiger partial charge in [0.2, 0.25) is 5.91 Å². The number of rotatable bonds is 7. The normalized spacial score (nSPS) is 13.7. The second kappa shape index (κ2) is 9.59. The van der Waals surface area contributed by atoms with Gasteiger partial charge in [0.1, 0.15) is 5.76 Å². The lowest BCUT2D eigenvalue weighted by molar-refractivity contribution is -0.118. The summed E-state index contributed by atoms with van der Waals surface area (Å²) in [5.74, 6) is -0.119. The van der Waals surface area contributed by atoms with E-state index in [9.17, 15) is 14.4 Å². The van der Waals surface area contributed by atoms with Crippen LogP contribution in [0.5, 0.6) is 0 Å². The molecule has 4 amide bonds. The van der Waals surface area contributed by atoms with Gasteiger partial charge in [-0.2, -0.15) is 0 Å². The molecule has 0 radical (unpaired) electrons. The Kier molecular flexibility index (Phi) is 6.67. The maximum absolute atomic E-state index is 12.4. The molecule has 28 heavy (non-hydrogen) atoms. The fourth-order valence-corrected chi connectivity index (χ4v) is 3.15. The number of carbonyl (C=O) groups excluding carboxylic acids is 3. The van der Waals surface area contributed by atoms with Gasteiger partial charge >= 0.3 is 6.03 Å². The molecule has 0 saturated heterocycles. The van der Waals surface area contributed by atoms with E-state index in [1.54, 1.807) is 42.7 Å². The van der Waals surface area contributed by atoms with Crippen molar-refractivity contribution in [3.63, 3.8) is 0 Å². The maximum Gasteiger partial charge on any atom is 0.321 e. The summed E-state index contributed by atoms with van der Waals surface area (Å²) in [5.41, 5.74) is 0.906. The number of urea groups is 1. The quantitative estimate of drug-likeness (QED) is 0.586. The van der Waals surface area contributed by atoms with Gasteiger partial charge in [0.05, 0.1) is 24.9 Å². The average Bonchev–Trinajstić information content (AvgIpc) is 3.38. The molecule has 0 spiro atoms. The van der Waals surface area contributed by atoms with Gasteiger partial charge in [0.15, 0.2) is 0 Å². The zero-order chi connectivity index (χ0) is 19.8. The van der Waals surface area contributed by atoms with Crippen LogP contribution >= 0.6 is 0 Å². The number of imide groups is 1. The number of carbonyl (C=O) groups is 3. The first-order chi connectivity index (χ1) is 13.6. The van der Waals surface area contributed by atoms with Crippen molar-refractivity contribution >= 4 is 23.5 Å². The lowest BCUT2D eigenvalue weighted by Crippen LogP contribution is -2.45. The Labute approximate surface area is 163 Å². The number of amides is 4. The van der Waals surface area contributed by atoms with Crippen molar-refractivity contribution in [2.24, 2.45) is 0 Å². The van der Waals surface area contributed by atoms with Crippen LogP contribution in [0.2, 0.25) is 0 Å². The first-order valence-electron chi connectivity index (χ1n) is 9.35. The Balaban J connectivity index is 1.49. The Bertz CT molecular complexity index is 813. The molecule has 1 aromatic carbocycles. The van der Waals surface area contributed by atoms with Crippen molar-refractivity contribution in [2.75, 3.05) is 11.9 Å². The summed E-state index contributed by atoms with van der Waals surface area (Å²) < 4.78 is 5.19. The van der Waals surface area contributed by atoms with Crippen molar-refractivity contribution in [3.05, 3.63) is 54.0 Å². The Hall–Kier alpha value is -3.29. The highest BCUT2D eigenvalue weighted by molar-refractivity contribution is 6.01. The number of nitrogens with one attached hydrogen (secondary N) is 4. The van der Waals surface area contributed by atoms with Gasteiger partial charge in [-0.05, 0) is 37.1 Å². The highest BCUT2D eigenvalue weighted by Crippen LogP contribution is 2.17. The summed E-state index contributed by atoms with van der Waals surface area (Å²) in [6, 6.07) is 10.0. The largest absolute Gasteiger partial charge is 0.467 e. The van der Waals surface area contributed by atoms with Gasteiger partial charge < -0.3 is 20.4 Å². The molecule has 148 valence electrons. The van der Waals surface area contributed by atoms with Crippen molar-refractivity contribution in [1.82, 2.24) is 16.0 Å². The molecule has 1 aliphatic carbocycles. The molecule has 1 heterocycles. The number of anilines is 1. The van der Waals surface area contributed by atoms with Crippen LogP contribution in [0.15, 0.2) is 47.1 Å². The molecule has 8 heteroatoms. The third-order valence-electron chi connectivity index (χ3n) is 4.56. The molecule has 0 unspecified atom stereocenters. The summed E-state index contributed by atoms with van der Waals surface area (Å²) in [6.45, 7) is 0.141. The minimum Gasteiger partial charge on any atom is -0.467 e. The van der Waals surface area contributed by atoms with Crippen LogP contribution in [0.3, 0.4) is 0 Å². The number of para-hydroxylation sites is 1. The molecular weight excluding hydrogens is 360 g/mol. The molecule has 1 saturated carbocycles. The Morgan fingerprint density at radius 3 is 2.57 bits per heavy atom. The van der Waals surface area contributed by atoms with Crippen LogP contribution in [0.1, 0.15) is 41.8 Å². The van der Waals surface area contributed by atoms with E-state index in [2.05, 4.69) is 21.3 Å². The molecule has 8 nitrogen and oxygen atoms in total. The summed E-state index contributed by atoms with van der Waals surface area (Å²) in [5, 5.41) is 10.8. The summed E-state index contributed by atoms with van der Waals surface area (Å²) in [7, 11) is 0. The van der Waals surface area contributed by atoms with E-state index >= 15 is 0 Å². The zero-order valence-electron chi connectivity index (χ0n) is 15.5. The van der Waals surface area contributed by atoms with Crippen molar-refractivity contribution in [2.45, 2.75) is 38.3 Å². The molecule has 1 aromatic heterocycles. The van der Waals surface area contributed by atoms with Crippen molar-refractivity contribution < 1.29 is 18.8 Å². The number of benzene rings is 1. The number of hydrogen-bond donors (Lipinski definition) is 4. The van der Waals surface area contributed by atoms with Crippen molar-refractivity contribution in [1.29, 1.82) is 0 Å². The Morgan fingerprint density at radius 2 is 1.82 bits per heavy atom. The van der Waals surface area contributed by atoms with Crippen molar-refractivity contribution in [3.8, 4) is 0 Å². The molecule has 1 fully saturated rings. The van der Waals surface area contributed by atoms with Gasteiger partial charge in [-0.15, -0.1) is 0 Å². The SMILES string of the molecule is O=C(CNc1ccccc1C(=O)NCc1ccco1)NC(=O)NC1CCCC1. The van der Waals surface area contributed by atoms with E-state index in [1.165, 1.54) is 0 Å². The van der Waals surface area contributed by atoms with Gasteiger partial charge in [-0.1, -0.05) is 25.0 Å². The number of hydrogen-bond acceptors (Lipinski definition) is 5. The standard InChI is InChI=1S/C20H24N4O4/c25-18(24-20(27)23-14-6-1-2-7-14)13-21-17-10-4-3-9-16(17)19(26)22-12-15-8-5-11-28-15/h3-5,8-11,14,21H,1-2,6-7,12-13H2,(H,22,26)(H2,23,24,25,27). The van der Waals surface area contributed by atoms with E-state index in [0.717, 1.165) is 25.7 Å². The predicted molar refractivity (Wildman–Crippen MR) is 104 cm³/mol. The van der Waals surface area contributed by atoms with Gasteiger partial charge in [0.25, 0.3) is 5.91 Å². The monoisotopic (exact) mass is 384 g/mol. The molecule has 0 atom stereocenters. The number of furan rings is 1. The lowest BCUT2D eigenvalue weighted by atomic mass is 10.1. The van der Waals surface area contributed by atoms with E-state index in [0.29, 0.717) is 17.0 Å². The minimum absolute atomic E-state index is 0.124. The zero-order valence-corrected chi connectivity index (χ0v) is 15.5. The predicted octanol–water partition coefficient (Wildman–Crippen LogP) is 2.39. The van der Waals surface area contributed by atoms with E-state index in [-0.39, 0.29) is 25.0 Å². The third kappa shape index (κ3) is 5.60. The summed E-state index contributed by atoms with van der Waals surface area (Å²) in [6.07, 6.45) is 5.62. The summed E-state index contributed by atoms with van der Waals surface area (Å²) in [4.78, 5) is 36.3. The fraction of sp³-hybridized carbons (Fsp3) is 0.350. The Morgan fingerprint density at radius 1 is 1.04 bits per heavy atom. The first kappa shape index (κ1) is 19.5. The molecule has 1 aliphatic rings. The second-order valence-electron chi connectivity index (χ2n) is 6.66. The topological polar surface area (TPSA) is 112 Å². The van der Waals surface area contributed by atoms with Crippen LogP contribution in [0.4, 0.5) is 10.5 Å². The van der Waals surface area contributed by atoms with Crippen LogP contribution in [0.25, 0.3) is 0 Å². The van der Waals surface area contributed by atoms with E-state index in [4.69, 9.17) is 4.42 Å². The minimum atomic E-state index is -0.483. The second-order valence-corrected chi connectivity index (χ2v) is 6.66. The fourth-order valence-electron chi connectivity index (χ4n) is 3.15. The molecule has 0 aliphatic heterocycles. The van der Waals surface area contributed by atoms with Gasteiger partial charge in [-0.3, -0.25) is 14.9 Å². The molecule has 4 N–H and O–H groups in total. The van der Waals surface area contributed by atoms with E-state index in [1.807, 2.05) is 0 Å². The highest BCUT2D eigenvalue weighted by Gasteiger charge is 2.18. The van der Waals surface area contributed by atoms with Gasteiger partial charge in [-0.25, -0.2) is 4.79 Å². The summed E-state index contributed by atoms with van der Waals surface area (Å²) >= 11 is 0.